The SMILES string of the molecule is NC(=O)c1nc(-c2ccncc2)sc1NC(=O)c1ccc(CC2CCNCC2)cc1. The molecule has 0 unspecified atom stereocenters. The van der Waals surface area contributed by atoms with Crippen LogP contribution in [0, 0.1) is 5.92 Å². The fraction of sp³-hybridized carbons (Fsp3) is 0.273. The number of benzene rings is 1. The molecule has 0 bridgehead atoms. The Morgan fingerprint density at radius 2 is 1.80 bits per heavy atom. The van der Waals surface area contributed by atoms with Gasteiger partial charge in [-0.2, -0.15) is 0 Å². The van der Waals surface area contributed by atoms with Gasteiger partial charge in [0.1, 0.15) is 10.0 Å². The Morgan fingerprint density at radius 3 is 2.47 bits per heavy atom. The van der Waals surface area contributed by atoms with Gasteiger partial charge in [-0.25, -0.2) is 4.98 Å². The Balaban J connectivity index is 1.48. The number of hydrogen-bond acceptors (Lipinski definition) is 6. The van der Waals surface area contributed by atoms with E-state index < -0.39 is 5.91 Å². The van der Waals surface area contributed by atoms with Crippen molar-refractivity contribution in [2.45, 2.75) is 19.3 Å². The van der Waals surface area contributed by atoms with E-state index in [1.807, 2.05) is 24.3 Å². The van der Waals surface area contributed by atoms with Gasteiger partial charge in [0.2, 0.25) is 0 Å². The van der Waals surface area contributed by atoms with E-state index in [0.717, 1.165) is 25.1 Å². The Kier molecular flexibility index (Phi) is 6.15. The highest BCUT2D eigenvalue weighted by Crippen LogP contribution is 2.32. The first-order valence-electron chi connectivity index (χ1n) is 9.92. The number of carbonyl (C=O) groups excluding carboxylic acids is 2. The third kappa shape index (κ3) is 4.72. The summed E-state index contributed by atoms with van der Waals surface area (Å²) in [7, 11) is 0. The van der Waals surface area contributed by atoms with Gasteiger partial charge < -0.3 is 16.4 Å². The summed E-state index contributed by atoms with van der Waals surface area (Å²) in [4.78, 5) is 32.8. The molecule has 154 valence electrons. The fourth-order valence-electron chi connectivity index (χ4n) is 3.58. The second kappa shape index (κ2) is 9.15. The highest BCUT2D eigenvalue weighted by molar-refractivity contribution is 7.19. The number of nitrogens with one attached hydrogen (secondary N) is 2. The standard InChI is InChI=1S/C22H23N5O2S/c23-19(28)18-22(30-21(26-18)17-7-11-25-12-8-17)27-20(29)16-3-1-14(2-4-16)13-15-5-9-24-10-6-15/h1-4,7-8,11-12,15,24H,5-6,9-10,13H2,(H2,23,28)(H,27,29). The zero-order valence-electron chi connectivity index (χ0n) is 16.4. The Hall–Kier alpha value is -3.10. The van der Waals surface area contributed by atoms with E-state index in [2.05, 4.69) is 20.6 Å². The van der Waals surface area contributed by atoms with Crippen LogP contribution < -0.4 is 16.4 Å². The number of aromatic nitrogens is 2. The molecule has 0 atom stereocenters. The number of nitrogens with zero attached hydrogens (tertiary/aromatic N) is 2. The molecule has 3 aromatic rings. The van der Waals surface area contributed by atoms with Crippen LogP contribution in [0.3, 0.4) is 0 Å². The van der Waals surface area contributed by atoms with Crippen molar-refractivity contribution in [1.82, 2.24) is 15.3 Å². The lowest BCUT2D eigenvalue weighted by molar-refractivity contribution is 0.0997. The minimum Gasteiger partial charge on any atom is -0.364 e. The molecule has 1 aromatic carbocycles. The van der Waals surface area contributed by atoms with Gasteiger partial charge in [-0.05, 0) is 68.1 Å². The van der Waals surface area contributed by atoms with E-state index in [9.17, 15) is 9.59 Å². The first-order valence-corrected chi connectivity index (χ1v) is 10.7. The Bertz CT molecular complexity index is 1030. The van der Waals surface area contributed by atoms with Crippen molar-refractivity contribution < 1.29 is 9.59 Å². The topological polar surface area (TPSA) is 110 Å². The molecule has 0 spiro atoms. The maximum absolute atomic E-state index is 12.7. The van der Waals surface area contributed by atoms with Crippen molar-refractivity contribution in [1.29, 1.82) is 0 Å². The number of amides is 2. The number of hydrogen-bond donors (Lipinski definition) is 3. The van der Waals surface area contributed by atoms with E-state index in [4.69, 9.17) is 5.73 Å². The van der Waals surface area contributed by atoms with Gasteiger partial charge in [0.25, 0.3) is 11.8 Å². The van der Waals surface area contributed by atoms with Gasteiger partial charge in [-0.15, -0.1) is 0 Å². The highest BCUT2D eigenvalue weighted by Gasteiger charge is 2.20. The molecule has 0 saturated carbocycles. The third-order valence-electron chi connectivity index (χ3n) is 5.21. The Morgan fingerprint density at radius 1 is 1.10 bits per heavy atom. The molecule has 2 aromatic heterocycles. The zero-order chi connectivity index (χ0) is 20.9. The van der Waals surface area contributed by atoms with Crippen LogP contribution in [0.5, 0.6) is 0 Å². The maximum atomic E-state index is 12.7. The molecule has 1 saturated heterocycles. The summed E-state index contributed by atoms with van der Waals surface area (Å²) in [5.74, 6) is -0.289. The number of piperidine rings is 1. The number of nitrogens with two attached hydrogens (primary N) is 1. The van der Waals surface area contributed by atoms with Crippen LogP contribution in [0.2, 0.25) is 0 Å². The number of rotatable bonds is 6. The number of primary amides is 1. The van der Waals surface area contributed by atoms with E-state index in [1.54, 1.807) is 24.5 Å². The minimum atomic E-state index is -0.681. The molecular weight excluding hydrogens is 398 g/mol. The first-order chi connectivity index (χ1) is 14.6. The van der Waals surface area contributed by atoms with Gasteiger partial charge in [-0.3, -0.25) is 14.6 Å². The largest absolute Gasteiger partial charge is 0.364 e. The van der Waals surface area contributed by atoms with Crippen LogP contribution in [0.1, 0.15) is 39.3 Å². The predicted molar refractivity (Wildman–Crippen MR) is 118 cm³/mol. The Labute approximate surface area is 178 Å². The molecule has 1 fully saturated rings. The van der Waals surface area contributed by atoms with Gasteiger partial charge in [-0.1, -0.05) is 23.5 Å². The summed E-state index contributed by atoms with van der Waals surface area (Å²) in [5, 5.41) is 7.11. The van der Waals surface area contributed by atoms with Gasteiger partial charge in [0.05, 0.1) is 0 Å². The summed E-state index contributed by atoms with van der Waals surface area (Å²) in [6.45, 7) is 2.15. The zero-order valence-corrected chi connectivity index (χ0v) is 17.2. The van der Waals surface area contributed by atoms with E-state index in [1.165, 1.54) is 29.7 Å². The molecule has 1 aliphatic rings. The summed E-state index contributed by atoms with van der Waals surface area (Å²) in [6.07, 6.45) is 6.68. The van der Waals surface area contributed by atoms with Crippen molar-refractivity contribution in [3.05, 3.63) is 65.6 Å². The monoisotopic (exact) mass is 421 g/mol. The predicted octanol–water partition coefficient (Wildman–Crippen LogP) is 3.10. The minimum absolute atomic E-state index is 0.0580. The maximum Gasteiger partial charge on any atom is 0.270 e. The lowest BCUT2D eigenvalue weighted by Crippen LogP contribution is -2.28. The molecule has 2 amide bonds. The second-order valence-electron chi connectivity index (χ2n) is 7.35. The van der Waals surface area contributed by atoms with Crippen LogP contribution in [0.15, 0.2) is 48.8 Å². The molecule has 7 nitrogen and oxygen atoms in total. The van der Waals surface area contributed by atoms with E-state index in [0.29, 0.717) is 21.5 Å². The average Bonchev–Trinajstić information content (AvgIpc) is 3.20. The molecule has 0 radical (unpaired) electrons. The molecule has 1 aliphatic heterocycles. The summed E-state index contributed by atoms with van der Waals surface area (Å²) < 4.78 is 0. The lowest BCUT2D eigenvalue weighted by atomic mass is 9.91. The normalized spacial score (nSPS) is 14.4. The number of thiazole rings is 1. The van der Waals surface area contributed by atoms with Gasteiger partial charge in [0.15, 0.2) is 5.69 Å². The van der Waals surface area contributed by atoms with Crippen LogP contribution in [0.4, 0.5) is 5.00 Å². The molecule has 8 heteroatoms. The average molecular weight is 422 g/mol. The van der Waals surface area contributed by atoms with Gasteiger partial charge >= 0.3 is 0 Å². The van der Waals surface area contributed by atoms with Crippen molar-refractivity contribution in [3.63, 3.8) is 0 Å². The third-order valence-corrected chi connectivity index (χ3v) is 6.23. The first kappa shape index (κ1) is 20.2. The molecule has 0 aliphatic carbocycles. The molecule has 4 N–H and O–H groups in total. The van der Waals surface area contributed by atoms with Crippen molar-refractivity contribution in [3.8, 4) is 10.6 Å². The van der Waals surface area contributed by atoms with E-state index >= 15 is 0 Å². The molecule has 3 heterocycles. The number of carbonyl (C=O) groups is 2. The van der Waals surface area contributed by atoms with Crippen molar-refractivity contribution in [2.75, 3.05) is 18.4 Å². The summed E-state index contributed by atoms with van der Waals surface area (Å²) in [5.41, 5.74) is 8.09. The second-order valence-corrected chi connectivity index (χ2v) is 8.34. The van der Waals surface area contributed by atoms with Crippen molar-refractivity contribution >= 4 is 28.2 Å². The smallest absolute Gasteiger partial charge is 0.270 e. The van der Waals surface area contributed by atoms with Gasteiger partial charge in [0, 0.05) is 23.5 Å². The fourth-order valence-corrected chi connectivity index (χ4v) is 4.55. The summed E-state index contributed by atoms with van der Waals surface area (Å²) in [6, 6.07) is 11.2. The lowest BCUT2D eigenvalue weighted by Gasteiger charge is -2.22. The van der Waals surface area contributed by atoms with Crippen LogP contribution in [-0.2, 0) is 6.42 Å². The van der Waals surface area contributed by atoms with Crippen LogP contribution in [-0.4, -0.2) is 34.9 Å². The summed E-state index contributed by atoms with van der Waals surface area (Å²) >= 11 is 1.21. The highest BCUT2D eigenvalue weighted by atomic mass is 32.1. The van der Waals surface area contributed by atoms with Crippen molar-refractivity contribution in [2.24, 2.45) is 11.7 Å². The molecule has 4 rings (SSSR count). The van der Waals surface area contributed by atoms with E-state index in [-0.39, 0.29) is 11.6 Å². The van der Waals surface area contributed by atoms with Crippen LogP contribution in [0.25, 0.3) is 10.6 Å². The molecule has 30 heavy (non-hydrogen) atoms. The van der Waals surface area contributed by atoms with Crippen LogP contribution >= 0.6 is 11.3 Å². The number of anilines is 1. The molecular formula is C22H23N5O2S. The number of pyridine rings is 1. The quantitative estimate of drug-likeness (QED) is 0.566.